The Morgan fingerprint density at radius 2 is 2.08 bits per heavy atom. The maximum Gasteiger partial charge on any atom is 0.351 e. The van der Waals surface area contributed by atoms with E-state index in [0.29, 0.717) is 25.7 Å². The van der Waals surface area contributed by atoms with Gasteiger partial charge in [-0.15, -0.1) is 0 Å². The number of rotatable bonds is 8. The molecule has 1 aliphatic heterocycles. The Balaban J connectivity index is 1.91. The number of carbonyl (C=O) groups is 2. The van der Waals surface area contributed by atoms with Gasteiger partial charge in [-0.25, -0.2) is 4.79 Å². The summed E-state index contributed by atoms with van der Waals surface area (Å²) in [5, 5.41) is 2.59. The van der Waals surface area contributed by atoms with Gasteiger partial charge in [-0.05, 0) is 31.7 Å². The lowest BCUT2D eigenvalue weighted by Crippen LogP contribution is -2.28. The topological polar surface area (TPSA) is 99.5 Å². The Morgan fingerprint density at radius 3 is 2.76 bits per heavy atom. The highest BCUT2D eigenvalue weighted by atomic mass is 16.6. The average Bonchev–Trinajstić information content (AvgIpc) is 3.02. The Kier molecular flexibility index (Phi) is 7.12. The molecule has 0 saturated carbocycles. The molecule has 1 amide bonds. The van der Waals surface area contributed by atoms with Gasteiger partial charge in [-0.3, -0.25) is 14.2 Å². The number of esters is 1. The molecule has 8 nitrogen and oxygen atoms in total. The summed E-state index contributed by atoms with van der Waals surface area (Å²) in [5.74, 6) is -0.165. The number of anilines is 1. The fourth-order valence-corrected chi connectivity index (χ4v) is 2.61. The van der Waals surface area contributed by atoms with Crippen molar-refractivity contribution < 1.29 is 19.1 Å². The van der Waals surface area contributed by atoms with Crippen molar-refractivity contribution >= 4 is 17.7 Å². The van der Waals surface area contributed by atoms with Gasteiger partial charge in [0.05, 0.1) is 6.10 Å². The molecule has 1 aromatic rings. The van der Waals surface area contributed by atoms with Crippen LogP contribution >= 0.6 is 0 Å². The van der Waals surface area contributed by atoms with Crippen LogP contribution in [0, 0.1) is 0 Å². The molecule has 0 radical (unpaired) electrons. The molecule has 1 aliphatic rings. The van der Waals surface area contributed by atoms with Crippen molar-refractivity contribution in [1.82, 2.24) is 9.55 Å². The normalized spacial score (nSPS) is 19.6. The standard InChI is InChI=1S/C17H25N3O5/c1-3-5-14(21)18-13-9-10-20(17(23)19-13)15-8-7-12(25-15)11-24-16(22)6-4-2/h9-10,12,15H,3-8,11H2,1-2H3,(H,18,19,21,23)/t12-,15+/m0/s1. The van der Waals surface area contributed by atoms with Gasteiger partial charge < -0.3 is 14.8 Å². The fraction of sp³-hybridized carbons (Fsp3) is 0.647. The van der Waals surface area contributed by atoms with E-state index >= 15 is 0 Å². The largest absolute Gasteiger partial charge is 0.463 e. The molecule has 1 fully saturated rings. The van der Waals surface area contributed by atoms with Gasteiger partial charge in [0.2, 0.25) is 5.91 Å². The van der Waals surface area contributed by atoms with Gasteiger partial charge in [0.1, 0.15) is 18.7 Å². The Bertz CT molecular complexity index is 658. The molecule has 0 unspecified atom stereocenters. The highest BCUT2D eigenvalue weighted by molar-refractivity contribution is 5.89. The van der Waals surface area contributed by atoms with Crippen molar-refractivity contribution in [3.63, 3.8) is 0 Å². The summed E-state index contributed by atoms with van der Waals surface area (Å²) in [6.45, 7) is 4.01. The van der Waals surface area contributed by atoms with Gasteiger partial charge >= 0.3 is 11.7 Å². The first-order valence-electron chi connectivity index (χ1n) is 8.73. The van der Waals surface area contributed by atoms with E-state index in [4.69, 9.17) is 9.47 Å². The lowest BCUT2D eigenvalue weighted by molar-refractivity contribution is -0.148. The maximum absolute atomic E-state index is 12.2. The monoisotopic (exact) mass is 351 g/mol. The first-order valence-corrected chi connectivity index (χ1v) is 8.73. The summed E-state index contributed by atoms with van der Waals surface area (Å²) in [5.41, 5.74) is -0.483. The molecule has 2 atom stereocenters. The van der Waals surface area contributed by atoms with Crippen LogP contribution in [0.3, 0.4) is 0 Å². The van der Waals surface area contributed by atoms with Crippen molar-refractivity contribution in [1.29, 1.82) is 0 Å². The van der Waals surface area contributed by atoms with E-state index in [0.717, 1.165) is 12.8 Å². The zero-order valence-corrected chi connectivity index (χ0v) is 14.7. The number of hydrogen-bond donors (Lipinski definition) is 1. The summed E-state index contributed by atoms with van der Waals surface area (Å²) in [6, 6.07) is 1.58. The Labute approximate surface area is 146 Å². The van der Waals surface area contributed by atoms with E-state index in [2.05, 4.69) is 10.3 Å². The molecule has 2 rings (SSSR count). The third-order valence-corrected chi connectivity index (χ3v) is 3.85. The van der Waals surface area contributed by atoms with Gasteiger partial charge in [-0.1, -0.05) is 13.8 Å². The summed E-state index contributed by atoms with van der Waals surface area (Å²) in [7, 11) is 0. The van der Waals surface area contributed by atoms with Gasteiger partial charge in [0, 0.05) is 19.0 Å². The molecule has 25 heavy (non-hydrogen) atoms. The lowest BCUT2D eigenvalue weighted by Gasteiger charge is -2.16. The predicted molar refractivity (Wildman–Crippen MR) is 91.0 cm³/mol. The third-order valence-electron chi connectivity index (χ3n) is 3.85. The van der Waals surface area contributed by atoms with Gasteiger partial charge in [0.15, 0.2) is 0 Å². The molecule has 0 spiro atoms. The Hall–Kier alpha value is -2.22. The minimum atomic E-state index is -0.483. The van der Waals surface area contributed by atoms with Crippen molar-refractivity contribution in [2.24, 2.45) is 0 Å². The van der Waals surface area contributed by atoms with Crippen LogP contribution in [0.5, 0.6) is 0 Å². The average molecular weight is 351 g/mol. The van der Waals surface area contributed by atoms with Crippen LogP contribution in [0.4, 0.5) is 5.82 Å². The molecule has 8 heteroatoms. The number of ether oxygens (including phenoxy) is 2. The number of amides is 1. The van der Waals surface area contributed by atoms with E-state index < -0.39 is 11.9 Å². The van der Waals surface area contributed by atoms with Crippen LogP contribution in [0.15, 0.2) is 17.1 Å². The molecular weight excluding hydrogens is 326 g/mol. The second kappa shape index (κ2) is 9.31. The quantitative estimate of drug-likeness (QED) is 0.719. The fourth-order valence-electron chi connectivity index (χ4n) is 2.61. The second-order valence-electron chi connectivity index (χ2n) is 6.02. The van der Waals surface area contributed by atoms with Crippen molar-refractivity contribution in [3.05, 3.63) is 22.7 Å². The molecule has 2 heterocycles. The number of hydrogen-bond acceptors (Lipinski definition) is 6. The summed E-state index contributed by atoms with van der Waals surface area (Å²) in [4.78, 5) is 39.0. The molecule has 0 aromatic carbocycles. The van der Waals surface area contributed by atoms with E-state index in [1.54, 1.807) is 12.3 Å². The number of carbonyl (C=O) groups excluding carboxylic acids is 2. The van der Waals surface area contributed by atoms with E-state index in [9.17, 15) is 14.4 Å². The van der Waals surface area contributed by atoms with Crippen LogP contribution in [0.1, 0.15) is 58.6 Å². The summed E-state index contributed by atoms with van der Waals surface area (Å²) < 4.78 is 12.3. The van der Waals surface area contributed by atoms with Crippen LogP contribution in [0.2, 0.25) is 0 Å². The van der Waals surface area contributed by atoms with Gasteiger partial charge in [0.25, 0.3) is 0 Å². The number of nitrogens with one attached hydrogen (secondary N) is 1. The second-order valence-corrected chi connectivity index (χ2v) is 6.02. The first-order chi connectivity index (χ1) is 12.0. The van der Waals surface area contributed by atoms with E-state index in [-0.39, 0.29) is 30.4 Å². The minimum Gasteiger partial charge on any atom is -0.463 e. The maximum atomic E-state index is 12.2. The first kappa shape index (κ1) is 19.1. The van der Waals surface area contributed by atoms with Crippen molar-refractivity contribution in [2.75, 3.05) is 11.9 Å². The third kappa shape index (κ3) is 5.67. The molecule has 0 aliphatic carbocycles. The minimum absolute atomic E-state index is 0.168. The molecule has 1 N–H and O–H groups in total. The zero-order valence-electron chi connectivity index (χ0n) is 14.7. The summed E-state index contributed by atoms with van der Waals surface area (Å²) >= 11 is 0. The SMILES string of the molecule is CCCC(=O)Nc1ccn([C@H]2CC[C@@H](COC(=O)CCC)O2)c(=O)n1. The molecule has 1 saturated heterocycles. The van der Waals surface area contributed by atoms with Crippen LogP contribution < -0.4 is 11.0 Å². The smallest absolute Gasteiger partial charge is 0.351 e. The van der Waals surface area contributed by atoms with Gasteiger partial charge in [-0.2, -0.15) is 4.98 Å². The predicted octanol–water partition coefficient (Wildman–Crippen LogP) is 2.00. The molecule has 138 valence electrons. The van der Waals surface area contributed by atoms with E-state index in [1.807, 2.05) is 13.8 Å². The van der Waals surface area contributed by atoms with Crippen LogP contribution in [-0.4, -0.2) is 34.1 Å². The van der Waals surface area contributed by atoms with Crippen LogP contribution in [0.25, 0.3) is 0 Å². The van der Waals surface area contributed by atoms with E-state index in [1.165, 1.54) is 4.57 Å². The van der Waals surface area contributed by atoms with Crippen molar-refractivity contribution in [3.8, 4) is 0 Å². The number of aromatic nitrogens is 2. The number of nitrogens with zero attached hydrogens (tertiary/aromatic N) is 2. The van der Waals surface area contributed by atoms with Crippen molar-refractivity contribution in [2.45, 2.75) is 64.7 Å². The van der Waals surface area contributed by atoms with Crippen LogP contribution in [-0.2, 0) is 19.1 Å². The Morgan fingerprint density at radius 1 is 1.32 bits per heavy atom. The highest BCUT2D eigenvalue weighted by Crippen LogP contribution is 2.27. The summed E-state index contributed by atoms with van der Waals surface area (Å²) in [6.07, 6.45) is 4.49. The molecule has 0 bridgehead atoms. The molecule has 1 aromatic heterocycles. The zero-order chi connectivity index (χ0) is 18.2. The highest BCUT2D eigenvalue weighted by Gasteiger charge is 2.28. The lowest BCUT2D eigenvalue weighted by atomic mass is 10.2. The molecular formula is C17H25N3O5.